The Kier molecular flexibility index (Phi) is 2.44. The number of rotatable bonds is 2. The molecule has 0 atom stereocenters. The summed E-state index contributed by atoms with van der Waals surface area (Å²) < 4.78 is 0. The van der Waals surface area contributed by atoms with Gasteiger partial charge in [-0.3, -0.25) is 0 Å². The highest BCUT2D eigenvalue weighted by Gasteiger charge is 2.12. The van der Waals surface area contributed by atoms with Crippen molar-refractivity contribution in [3.8, 4) is 0 Å². The summed E-state index contributed by atoms with van der Waals surface area (Å²) in [4.78, 5) is 4.56. The first-order valence-electron chi connectivity index (χ1n) is 5.06. The third-order valence-corrected chi connectivity index (χ3v) is 2.62. The number of anilines is 1. The molecule has 0 amide bonds. The smallest absolute Gasteiger partial charge is 0.0941 e. The normalized spacial score (nSPS) is 15.3. The van der Waals surface area contributed by atoms with Crippen LogP contribution in [-0.2, 0) is 0 Å². The van der Waals surface area contributed by atoms with Crippen molar-refractivity contribution in [2.45, 2.75) is 13.8 Å². The van der Waals surface area contributed by atoms with Gasteiger partial charge in [-0.1, -0.05) is 18.2 Å². The Labute approximate surface area is 85.4 Å². The van der Waals surface area contributed by atoms with E-state index in [0.29, 0.717) is 0 Å². The lowest BCUT2D eigenvalue weighted by Gasteiger charge is -2.21. The van der Waals surface area contributed by atoms with Crippen LogP contribution in [0.25, 0.3) is 0 Å². The number of hydrogen-bond acceptors (Lipinski definition) is 2. The minimum atomic E-state index is 0.974. The van der Waals surface area contributed by atoms with Crippen molar-refractivity contribution in [2.24, 2.45) is 0 Å². The van der Waals surface area contributed by atoms with Gasteiger partial charge in [-0.05, 0) is 25.5 Å². The molecular formula is C12H16N2. The lowest BCUT2D eigenvalue weighted by Crippen LogP contribution is -2.24. The van der Waals surface area contributed by atoms with Crippen LogP contribution in [0.15, 0.2) is 36.7 Å². The molecule has 0 aliphatic carbocycles. The molecule has 2 nitrogen and oxygen atoms in total. The van der Waals surface area contributed by atoms with E-state index in [2.05, 4.69) is 60.3 Å². The van der Waals surface area contributed by atoms with E-state index >= 15 is 0 Å². The lowest BCUT2D eigenvalue weighted by atomic mass is 10.2. The molecule has 0 bridgehead atoms. The van der Waals surface area contributed by atoms with Crippen LogP contribution in [-0.4, -0.2) is 18.1 Å². The fraction of sp³-hybridized carbons (Fsp3) is 0.333. The standard InChI is InChI=1S/C12H16N2/c1-3-13-8-9-14(10-13)12-7-5-4-6-11(12)2/h4-9H,3,10H2,1-2H3. The first-order valence-corrected chi connectivity index (χ1v) is 5.06. The molecule has 1 aromatic rings. The Balaban J connectivity index is 2.18. The molecule has 0 saturated heterocycles. The quantitative estimate of drug-likeness (QED) is 0.703. The molecule has 1 aliphatic rings. The number of aryl methyl sites for hydroxylation is 1. The average molecular weight is 188 g/mol. The van der Waals surface area contributed by atoms with E-state index in [1.807, 2.05) is 0 Å². The predicted molar refractivity (Wildman–Crippen MR) is 60.0 cm³/mol. The second kappa shape index (κ2) is 3.74. The summed E-state index contributed by atoms with van der Waals surface area (Å²) in [5.41, 5.74) is 2.63. The maximum Gasteiger partial charge on any atom is 0.0941 e. The summed E-state index contributed by atoms with van der Waals surface area (Å²) >= 11 is 0. The molecule has 0 unspecified atom stereocenters. The zero-order valence-corrected chi connectivity index (χ0v) is 8.77. The van der Waals surface area contributed by atoms with E-state index in [0.717, 1.165) is 13.2 Å². The fourth-order valence-corrected chi connectivity index (χ4v) is 1.71. The molecule has 0 radical (unpaired) electrons. The van der Waals surface area contributed by atoms with E-state index in [-0.39, 0.29) is 0 Å². The predicted octanol–water partition coefficient (Wildman–Crippen LogP) is 2.57. The Morgan fingerprint density at radius 2 is 2.00 bits per heavy atom. The molecule has 0 N–H and O–H groups in total. The molecule has 0 fully saturated rings. The summed E-state index contributed by atoms with van der Waals surface area (Å²) in [6.45, 7) is 6.36. The Morgan fingerprint density at radius 3 is 2.64 bits per heavy atom. The van der Waals surface area contributed by atoms with Gasteiger partial charge in [0.1, 0.15) is 0 Å². The van der Waals surface area contributed by atoms with E-state index in [1.165, 1.54) is 11.3 Å². The summed E-state index contributed by atoms with van der Waals surface area (Å²) in [6, 6.07) is 8.48. The monoisotopic (exact) mass is 188 g/mol. The van der Waals surface area contributed by atoms with Crippen molar-refractivity contribution in [1.82, 2.24) is 4.90 Å². The van der Waals surface area contributed by atoms with Crippen molar-refractivity contribution in [2.75, 3.05) is 18.1 Å². The minimum absolute atomic E-state index is 0.974. The minimum Gasteiger partial charge on any atom is -0.359 e. The van der Waals surface area contributed by atoms with Crippen LogP contribution in [0.4, 0.5) is 5.69 Å². The van der Waals surface area contributed by atoms with Gasteiger partial charge in [-0.15, -0.1) is 0 Å². The van der Waals surface area contributed by atoms with Crippen LogP contribution >= 0.6 is 0 Å². The molecular weight excluding hydrogens is 172 g/mol. The number of nitrogens with zero attached hydrogens (tertiary/aromatic N) is 2. The van der Waals surface area contributed by atoms with Gasteiger partial charge in [0.05, 0.1) is 6.67 Å². The highest BCUT2D eigenvalue weighted by molar-refractivity contribution is 5.55. The van der Waals surface area contributed by atoms with E-state index in [9.17, 15) is 0 Å². The number of benzene rings is 1. The maximum absolute atomic E-state index is 2.28. The third-order valence-electron chi connectivity index (χ3n) is 2.62. The van der Waals surface area contributed by atoms with Gasteiger partial charge in [0, 0.05) is 24.6 Å². The molecule has 0 spiro atoms. The van der Waals surface area contributed by atoms with Gasteiger partial charge in [-0.25, -0.2) is 0 Å². The molecule has 1 aliphatic heterocycles. The molecule has 1 aromatic carbocycles. The highest BCUT2D eigenvalue weighted by atomic mass is 15.3. The third kappa shape index (κ3) is 1.60. The van der Waals surface area contributed by atoms with Gasteiger partial charge in [0.2, 0.25) is 0 Å². The summed E-state index contributed by atoms with van der Waals surface area (Å²) in [6.07, 6.45) is 4.29. The molecule has 14 heavy (non-hydrogen) atoms. The fourth-order valence-electron chi connectivity index (χ4n) is 1.71. The Bertz CT molecular complexity index is 344. The average Bonchev–Trinajstić information content (AvgIpc) is 2.67. The van der Waals surface area contributed by atoms with Crippen molar-refractivity contribution >= 4 is 5.69 Å². The van der Waals surface area contributed by atoms with Crippen molar-refractivity contribution in [1.29, 1.82) is 0 Å². The molecule has 74 valence electrons. The van der Waals surface area contributed by atoms with Crippen molar-refractivity contribution < 1.29 is 0 Å². The van der Waals surface area contributed by atoms with E-state index in [1.54, 1.807) is 0 Å². The van der Waals surface area contributed by atoms with Crippen LogP contribution < -0.4 is 4.90 Å². The maximum atomic E-state index is 2.28. The Hall–Kier alpha value is -1.44. The summed E-state index contributed by atoms with van der Waals surface area (Å²) in [5.74, 6) is 0. The van der Waals surface area contributed by atoms with Gasteiger partial charge >= 0.3 is 0 Å². The number of hydrogen-bond donors (Lipinski definition) is 0. The highest BCUT2D eigenvalue weighted by Crippen LogP contribution is 2.22. The SMILES string of the molecule is CCN1C=CN(c2ccccc2C)C1. The molecule has 0 aromatic heterocycles. The second-order valence-electron chi connectivity index (χ2n) is 3.60. The van der Waals surface area contributed by atoms with Gasteiger partial charge in [0.25, 0.3) is 0 Å². The van der Waals surface area contributed by atoms with Gasteiger partial charge < -0.3 is 9.80 Å². The lowest BCUT2D eigenvalue weighted by molar-refractivity contribution is 0.429. The van der Waals surface area contributed by atoms with Crippen LogP contribution in [0.3, 0.4) is 0 Å². The van der Waals surface area contributed by atoms with Crippen LogP contribution in [0, 0.1) is 6.92 Å². The van der Waals surface area contributed by atoms with Crippen LogP contribution in [0.1, 0.15) is 12.5 Å². The topological polar surface area (TPSA) is 6.48 Å². The number of para-hydroxylation sites is 1. The van der Waals surface area contributed by atoms with Crippen molar-refractivity contribution in [3.63, 3.8) is 0 Å². The Morgan fingerprint density at radius 1 is 1.21 bits per heavy atom. The second-order valence-corrected chi connectivity index (χ2v) is 3.60. The zero-order valence-electron chi connectivity index (χ0n) is 8.77. The van der Waals surface area contributed by atoms with Gasteiger partial charge in [0.15, 0.2) is 0 Å². The largest absolute Gasteiger partial charge is 0.359 e. The van der Waals surface area contributed by atoms with E-state index < -0.39 is 0 Å². The first-order chi connectivity index (χ1) is 6.81. The first kappa shape index (κ1) is 9.13. The van der Waals surface area contributed by atoms with Crippen LogP contribution in [0.2, 0.25) is 0 Å². The van der Waals surface area contributed by atoms with Gasteiger partial charge in [-0.2, -0.15) is 0 Å². The molecule has 2 rings (SSSR count). The summed E-state index contributed by atoms with van der Waals surface area (Å²) in [7, 11) is 0. The molecule has 2 heteroatoms. The molecule has 0 saturated carbocycles. The zero-order chi connectivity index (χ0) is 9.97. The summed E-state index contributed by atoms with van der Waals surface area (Å²) in [5, 5.41) is 0. The molecule has 1 heterocycles. The van der Waals surface area contributed by atoms with Crippen LogP contribution in [0.5, 0.6) is 0 Å². The van der Waals surface area contributed by atoms with E-state index in [4.69, 9.17) is 0 Å². The van der Waals surface area contributed by atoms with Crippen molar-refractivity contribution in [3.05, 3.63) is 42.2 Å².